The van der Waals surface area contributed by atoms with Gasteiger partial charge in [0.25, 0.3) is 0 Å². The average molecular weight is 212 g/mol. The molecule has 1 aliphatic heterocycles. The molecular weight excluding hydrogens is 192 g/mol. The van der Waals surface area contributed by atoms with Crippen LogP contribution in [-0.4, -0.2) is 48.2 Å². The zero-order chi connectivity index (χ0) is 10.7. The van der Waals surface area contributed by atoms with Crippen LogP contribution in [0.15, 0.2) is 0 Å². The number of hydrogen-bond acceptors (Lipinski definition) is 3. The third-order valence-corrected chi connectivity index (χ3v) is 3.34. The van der Waals surface area contributed by atoms with E-state index in [1.54, 1.807) is 0 Å². The number of aliphatic hydroxyl groups excluding tert-OH is 1. The van der Waals surface area contributed by atoms with Crippen molar-refractivity contribution in [2.24, 2.45) is 5.92 Å². The molecule has 2 rings (SSSR count). The number of rotatable bonds is 5. The summed E-state index contributed by atoms with van der Waals surface area (Å²) >= 11 is 0. The Bertz CT molecular complexity index is 229. The van der Waals surface area contributed by atoms with Crippen molar-refractivity contribution in [1.82, 2.24) is 10.2 Å². The van der Waals surface area contributed by atoms with Crippen molar-refractivity contribution in [3.8, 4) is 0 Å². The van der Waals surface area contributed by atoms with Gasteiger partial charge in [0, 0.05) is 12.6 Å². The molecule has 0 aromatic heterocycles. The molecule has 1 atom stereocenters. The Hall–Kier alpha value is -0.610. The smallest absolute Gasteiger partial charge is 0.234 e. The number of nitrogens with zero attached hydrogens (tertiary/aromatic N) is 1. The van der Waals surface area contributed by atoms with E-state index in [0.29, 0.717) is 6.54 Å². The van der Waals surface area contributed by atoms with E-state index in [2.05, 4.69) is 10.2 Å². The molecule has 1 aliphatic carbocycles. The molecule has 0 spiro atoms. The molecular formula is C11H20N2O2. The number of carbonyl (C=O) groups excluding carboxylic acids is 1. The van der Waals surface area contributed by atoms with Crippen molar-refractivity contribution in [2.75, 3.05) is 26.2 Å². The minimum absolute atomic E-state index is 0.113. The van der Waals surface area contributed by atoms with Crippen LogP contribution in [0.5, 0.6) is 0 Å². The Morgan fingerprint density at radius 2 is 2.20 bits per heavy atom. The third-order valence-electron chi connectivity index (χ3n) is 3.34. The van der Waals surface area contributed by atoms with E-state index in [9.17, 15) is 4.79 Å². The molecule has 4 nitrogen and oxygen atoms in total. The third kappa shape index (κ3) is 3.18. The zero-order valence-electron chi connectivity index (χ0n) is 9.11. The molecule has 0 aromatic carbocycles. The van der Waals surface area contributed by atoms with Crippen LogP contribution in [-0.2, 0) is 4.79 Å². The van der Waals surface area contributed by atoms with Gasteiger partial charge >= 0.3 is 0 Å². The summed E-state index contributed by atoms with van der Waals surface area (Å²) in [5, 5.41) is 12.1. The largest absolute Gasteiger partial charge is 0.395 e. The van der Waals surface area contributed by atoms with Gasteiger partial charge in [-0.1, -0.05) is 0 Å². The first-order chi connectivity index (χ1) is 7.29. The van der Waals surface area contributed by atoms with Crippen LogP contribution in [0.2, 0.25) is 0 Å². The molecule has 1 saturated heterocycles. The van der Waals surface area contributed by atoms with Crippen molar-refractivity contribution in [3.05, 3.63) is 0 Å². The van der Waals surface area contributed by atoms with Crippen LogP contribution >= 0.6 is 0 Å². The van der Waals surface area contributed by atoms with Gasteiger partial charge in [0.1, 0.15) is 0 Å². The lowest BCUT2D eigenvalue weighted by molar-refractivity contribution is -0.122. The average Bonchev–Trinajstić information content (AvgIpc) is 2.96. The van der Waals surface area contributed by atoms with E-state index in [1.807, 2.05) is 0 Å². The number of aliphatic hydroxyl groups is 1. The van der Waals surface area contributed by atoms with E-state index in [-0.39, 0.29) is 18.6 Å². The van der Waals surface area contributed by atoms with E-state index >= 15 is 0 Å². The van der Waals surface area contributed by atoms with Gasteiger partial charge in [0.2, 0.25) is 5.91 Å². The highest BCUT2D eigenvalue weighted by molar-refractivity contribution is 5.78. The van der Waals surface area contributed by atoms with Gasteiger partial charge in [0.05, 0.1) is 13.2 Å². The number of likely N-dealkylation sites (tertiary alicyclic amines) is 1. The molecule has 86 valence electrons. The first-order valence-corrected chi connectivity index (χ1v) is 5.91. The highest BCUT2D eigenvalue weighted by Crippen LogP contribution is 2.27. The van der Waals surface area contributed by atoms with E-state index < -0.39 is 0 Å². The minimum atomic E-state index is 0.113. The van der Waals surface area contributed by atoms with Crippen LogP contribution in [0.25, 0.3) is 0 Å². The van der Waals surface area contributed by atoms with Crippen molar-refractivity contribution >= 4 is 5.91 Å². The van der Waals surface area contributed by atoms with Gasteiger partial charge in [-0.3, -0.25) is 9.69 Å². The lowest BCUT2D eigenvalue weighted by atomic mass is 10.2. The summed E-state index contributed by atoms with van der Waals surface area (Å²) in [5.41, 5.74) is 0. The summed E-state index contributed by atoms with van der Waals surface area (Å²) in [4.78, 5) is 13.6. The molecule has 2 fully saturated rings. The Balaban J connectivity index is 1.67. The van der Waals surface area contributed by atoms with Crippen molar-refractivity contribution in [3.63, 3.8) is 0 Å². The van der Waals surface area contributed by atoms with Crippen molar-refractivity contribution < 1.29 is 9.90 Å². The highest BCUT2D eigenvalue weighted by atomic mass is 16.3. The van der Waals surface area contributed by atoms with Crippen LogP contribution in [0.3, 0.4) is 0 Å². The molecule has 1 saturated carbocycles. The molecule has 1 unspecified atom stereocenters. The predicted molar refractivity (Wildman–Crippen MR) is 57.4 cm³/mol. The highest BCUT2D eigenvalue weighted by Gasteiger charge is 2.26. The Labute approximate surface area is 90.6 Å². The quantitative estimate of drug-likeness (QED) is 0.673. The molecule has 4 heteroatoms. The minimum Gasteiger partial charge on any atom is -0.395 e. The van der Waals surface area contributed by atoms with E-state index in [1.165, 1.54) is 12.8 Å². The normalized spacial score (nSPS) is 26.9. The Kier molecular flexibility index (Phi) is 3.59. The van der Waals surface area contributed by atoms with Gasteiger partial charge in [0.15, 0.2) is 0 Å². The predicted octanol–water partition coefficient (Wildman–Crippen LogP) is -0.0307. The fourth-order valence-electron chi connectivity index (χ4n) is 2.13. The molecule has 0 aromatic rings. The van der Waals surface area contributed by atoms with E-state index in [4.69, 9.17) is 5.11 Å². The second-order valence-corrected chi connectivity index (χ2v) is 4.70. The number of carbonyl (C=O) groups is 1. The van der Waals surface area contributed by atoms with Crippen LogP contribution in [0, 0.1) is 5.92 Å². The summed E-state index contributed by atoms with van der Waals surface area (Å²) in [5.74, 6) is 0.850. The molecule has 0 radical (unpaired) electrons. The van der Waals surface area contributed by atoms with Gasteiger partial charge in [-0.15, -0.1) is 0 Å². The van der Waals surface area contributed by atoms with Crippen LogP contribution < -0.4 is 5.32 Å². The molecule has 2 N–H and O–H groups in total. The first-order valence-electron chi connectivity index (χ1n) is 5.91. The zero-order valence-corrected chi connectivity index (χ0v) is 9.11. The number of hydrogen-bond donors (Lipinski definition) is 2. The van der Waals surface area contributed by atoms with Gasteiger partial charge in [-0.25, -0.2) is 0 Å². The second kappa shape index (κ2) is 4.94. The maximum absolute atomic E-state index is 11.6. The maximum atomic E-state index is 11.6. The summed E-state index contributed by atoms with van der Waals surface area (Å²) in [6.45, 7) is 2.42. The summed E-state index contributed by atoms with van der Waals surface area (Å²) in [6.07, 6.45) is 4.65. The molecule has 0 bridgehead atoms. The van der Waals surface area contributed by atoms with Crippen molar-refractivity contribution in [1.29, 1.82) is 0 Å². The topological polar surface area (TPSA) is 52.6 Å². The van der Waals surface area contributed by atoms with Gasteiger partial charge < -0.3 is 10.4 Å². The van der Waals surface area contributed by atoms with Crippen molar-refractivity contribution in [2.45, 2.75) is 31.7 Å². The second-order valence-electron chi connectivity index (χ2n) is 4.70. The van der Waals surface area contributed by atoms with Gasteiger partial charge in [-0.2, -0.15) is 0 Å². The maximum Gasteiger partial charge on any atom is 0.234 e. The molecule has 1 amide bonds. The molecule has 15 heavy (non-hydrogen) atoms. The molecule has 2 aliphatic rings. The summed E-state index contributed by atoms with van der Waals surface area (Å²) < 4.78 is 0. The molecule has 1 heterocycles. The summed E-state index contributed by atoms with van der Waals surface area (Å²) in [7, 11) is 0. The van der Waals surface area contributed by atoms with Gasteiger partial charge in [-0.05, 0) is 38.1 Å². The first kappa shape index (κ1) is 10.9. The lowest BCUT2D eigenvalue weighted by Crippen LogP contribution is -2.41. The Morgan fingerprint density at radius 3 is 2.87 bits per heavy atom. The summed E-state index contributed by atoms with van der Waals surface area (Å²) in [6, 6.07) is 0.205. The fraction of sp³-hybridized carbons (Fsp3) is 0.909. The fourth-order valence-corrected chi connectivity index (χ4v) is 2.13. The standard InChI is InChI=1S/C11H20N2O2/c14-8-10-2-1-5-13(10)7-11(15)12-6-9-3-4-9/h9-10,14H,1-8H2,(H,12,15). The monoisotopic (exact) mass is 212 g/mol. The van der Waals surface area contributed by atoms with Crippen LogP contribution in [0.4, 0.5) is 0 Å². The number of nitrogens with one attached hydrogen (secondary N) is 1. The SMILES string of the molecule is O=C(CN1CCCC1CO)NCC1CC1. The van der Waals surface area contributed by atoms with Crippen LogP contribution in [0.1, 0.15) is 25.7 Å². The van der Waals surface area contributed by atoms with E-state index in [0.717, 1.165) is 31.8 Å². The Morgan fingerprint density at radius 1 is 1.40 bits per heavy atom. The lowest BCUT2D eigenvalue weighted by Gasteiger charge is -2.21. The number of amides is 1.